The summed E-state index contributed by atoms with van der Waals surface area (Å²) in [6, 6.07) is 7.41. The Hall–Kier alpha value is -1.71. The second kappa shape index (κ2) is 8.55. The summed E-state index contributed by atoms with van der Waals surface area (Å²) in [4.78, 5) is 11.9. The minimum absolute atomic E-state index is 0.0261. The smallest absolute Gasteiger partial charge is 0.242 e. The van der Waals surface area contributed by atoms with E-state index in [1.54, 1.807) is 0 Å². The van der Waals surface area contributed by atoms with Crippen molar-refractivity contribution in [3.63, 3.8) is 0 Å². The lowest BCUT2D eigenvalue weighted by Crippen LogP contribution is -2.38. The van der Waals surface area contributed by atoms with Crippen molar-refractivity contribution < 1.29 is 9.53 Å². The van der Waals surface area contributed by atoms with Gasteiger partial charge in [-0.2, -0.15) is 0 Å². The molecular weight excluding hydrogens is 264 g/mol. The molecule has 0 saturated carbocycles. The molecule has 1 unspecified atom stereocenters. The van der Waals surface area contributed by atoms with Crippen LogP contribution >= 0.6 is 0 Å². The first-order chi connectivity index (χ1) is 9.88. The van der Waals surface area contributed by atoms with Gasteiger partial charge in [0.1, 0.15) is 11.8 Å². The molecule has 1 aromatic rings. The molecule has 0 bridgehead atoms. The predicted molar refractivity (Wildman–Crippen MR) is 87.8 cm³/mol. The van der Waals surface area contributed by atoms with Gasteiger partial charge >= 0.3 is 0 Å². The second-order valence-corrected chi connectivity index (χ2v) is 6.03. The molecule has 4 nitrogen and oxygen atoms in total. The van der Waals surface area contributed by atoms with Gasteiger partial charge < -0.3 is 15.4 Å². The minimum Gasteiger partial charge on any atom is -0.491 e. The first-order valence-corrected chi connectivity index (χ1v) is 7.69. The van der Waals surface area contributed by atoms with E-state index in [1.807, 2.05) is 45.0 Å². The average Bonchev–Trinajstić information content (AvgIpc) is 2.39. The maximum atomic E-state index is 11.9. The van der Waals surface area contributed by atoms with Gasteiger partial charge in [0.2, 0.25) is 5.91 Å². The molecule has 0 aliphatic carbocycles. The fraction of sp³-hybridized carbons (Fsp3) is 0.588. The number of benzene rings is 1. The van der Waals surface area contributed by atoms with Gasteiger partial charge in [0.25, 0.3) is 0 Å². The zero-order chi connectivity index (χ0) is 15.8. The van der Waals surface area contributed by atoms with E-state index in [2.05, 4.69) is 24.5 Å². The Morgan fingerprint density at radius 1 is 1.10 bits per heavy atom. The summed E-state index contributed by atoms with van der Waals surface area (Å²) >= 11 is 0. The molecular formula is C17H28N2O2. The summed E-state index contributed by atoms with van der Waals surface area (Å²) in [5, 5.41) is 6.14. The molecule has 0 fully saturated rings. The summed E-state index contributed by atoms with van der Waals surface area (Å²) in [5.41, 5.74) is 0.914. The van der Waals surface area contributed by atoms with Crippen molar-refractivity contribution in [3.05, 3.63) is 24.3 Å². The molecule has 0 radical (unpaired) electrons. The third-order valence-electron chi connectivity index (χ3n) is 3.02. The molecule has 1 atom stereocenters. The van der Waals surface area contributed by atoms with Crippen molar-refractivity contribution in [2.24, 2.45) is 5.92 Å². The fourth-order valence-corrected chi connectivity index (χ4v) is 1.85. The van der Waals surface area contributed by atoms with Crippen LogP contribution in [-0.4, -0.2) is 24.6 Å². The van der Waals surface area contributed by atoms with Crippen LogP contribution in [0.3, 0.4) is 0 Å². The van der Waals surface area contributed by atoms with Crippen LogP contribution < -0.4 is 15.4 Å². The molecule has 118 valence electrons. The van der Waals surface area contributed by atoms with Gasteiger partial charge in [0.05, 0.1) is 6.10 Å². The van der Waals surface area contributed by atoms with Crippen molar-refractivity contribution in [1.29, 1.82) is 0 Å². The Balaban J connectivity index is 2.43. The molecule has 0 heterocycles. The van der Waals surface area contributed by atoms with E-state index in [0.717, 1.165) is 24.4 Å². The number of hydrogen-bond acceptors (Lipinski definition) is 3. The van der Waals surface area contributed by atoms with Gasteiger partial charge in [0.15, 0.2) is 0 Å². The topological polar surface area (TPSA) is 50.4 Å². The highest BCUT2D eigenvalue weighted by molar-refractivity contribution is 5.84. The van der Waals surface area contributed by atoms with E-state index in [-0.39, 0.29) is 18.1 Å². The van der Waals surface area contributed by atoms with E-state index >= 15 is 0 Å². The molecule has 1 rings (SSSR count). The predicted octanol–water partition coefficient (Wildman–Crippen LogP) is 3.44. The van der Waals surface area contributed by atoms with Crippen molar-refractivity contribution in [3.8, 4) is 5.75 Å². The lowest BCUT2D eigenvalue weighted by atomic mass is 10.1. The van der Waals surface area contributed by atoms with Crippen molar-refractivity contribution >= 4 is 11.6 Å². The fourth-order valence-electron chi connectivity index (χ4n) is 1.85. The number of hydrogen-bond donors (Lipinski definition) is 2. The third kappa shape index (κ3) is 7.02. The summed E-state index contributed by atoms with van der Waals surface area (Å²) < 4.78 is 5.59. The van der Waals surface area contributed by atoms with Crippen LogP contribution in [0.4, 0.5) is 5.69 Å². The molecule has 4 heteroatoms. The zero-order valence-corrected chi connectivity index (χ0v) is 13.8. The number of rotatable bonds is 8. The Labute approximate surface area is 128 Å². The summed E-state index contributed by atoms with van der Waals surface area (Å²) in [6.07, 6.45) is 1.16. The van der Waals surface area contributed by atoms with Crippen molar-refractivity contribution in [2.45, 2.75) is 53.2 Å². The lowest BCUT2D eigenvalue weighted by molar-refractivity contribution is -0.121. The van der Waals surface area contributed by atoms with Gasteiger partial charge in [-0.25, -0.2) is 0 Å². The van der Waals surface area contributed by atoms with Crippen LogP contribution in [0.15, 0.2) is 24.3 Å². The number of carbonyl (C=O) groups excluding carboxylic acids is 1. The first-order valence-electron chi connectivity index (χ1n) is 7.69. The molecule has 1 amide bonds. The summed E-state index contributed by atoms with van der Waals surface area (Å²) in [6.45, 7) is 10.9. The van der Waals surface area contributed by atoms with Gasteiger partial charge in [-0.05, 0) is 57.4 Å². The van der Waals surface area contributed by atoms with E-state index in [9.17, 15) is 4.79 Å². The number of ether oxygens (including phenoxy) is 1. The number of amides is 1. The van der Waals surface area contributed by atoms with Crippen LogP contribution in [0.2, 0.25) is 0 Å². The lowest BCUT2D eigenvalue weighted by Gasteiger charge is -2.16. The zero-order valence-electron chi connectivity index (χ0n) is 13.8. The number of carbonyl (C=O) groups is 1. The summed E-state index contributed by atoms with van der Waals surface area (Å²) in [5.74, 6) is 1.46. The molecule has 1 aromatic carbocycles. The monoisotopic (exact) mass is 292 g/mol. The molecule has 0 aliphatic rings. The Morgan fingerprint density at radius 3 is 2.24 bits per heavy atom. The van der Waals surface area contributed by atoms with Crippen molar-refractivity contribution in [2.75, 3.05) is 11.9 Å². The van der Waals surface area contributed by atoms with Gasteiger partial charge in [-0.1, -0.05) is 13.8 Å². The van der Waals surface area contributed by atoms with E-state index < -0.39 is 0 Å². The number of nitrogens with one attached hydrogen (secondary N) is 2. The van der Waals surface area contributed by atoms with E-state index in [4.69, 9.17) is 4.74 Å². The van der Waals surface area contributed by atoms with E-state index in [0.29, 0.717) is 5.92 Å². The SMILES string of the molecule is CC(C)CCNC(=O)C(C)Nc1ccc(OC(C)C)cc1. The average molecular weight is 292 g/mol. The van der Waals surface area contributed by atoms with Gasteiger partial charge in [-0.3, -0.25) is 4.79 Å². The number of anilines is 1. The van der Waals surface area contributed by atoms with Crippen molar-refractivity contribution in [1.82, 2.24) is 5.32 Å². The summed E-state index contributed by atoms with van der Waals surface area (Å²) in [7, 11) is 0. The standard InChI is InChI=1S/C17H28N2O2/c1-12(2)10-11-18-17(20)14(5)19-15-6-8-16(9-7-15)21-13(3)4/h6-9,12-14,19H,10-11H2,1-5H3,(H,18,20). The largest absolute Gasteiger partial charge is 0.491 e. The van der Waals surface area contributed by atoms with Crippen LogP contribution in [-0.2, 0) is 4.79 Å². The van der Waals surface area contributed by atoms with Crippen LogP contribution in [0.5, 0.6) is 5.75 Å². The van der Waals surface area contributed by atoms with Crippen LogP contribution in [0.1, 0.15) is 41.0 Å². The van der Waals surface area contributed by atoms with Crippen LogP contribution in [0, 0.1) is 5.92 Å². The molecule has 0 spiro atoms. The quantitative estimate of drug-likeness (QED) is 0.771. The normalized spacial score (nSPS) is 12.3. The highest BCUT2D eigenvalue weighted by Gasteiger charge is 2.12. The van der Waals surface area contributed by atoms with E-state index in [1.165, 1.54) is 0 Å². The molecule has 2 N–H and O–H groups in total. The first kappa shape index (κ1) is 17.3. The maximum Gasteiger partial charge on any atom is 0.242 e. The highest BCUT2D eigenvalue weighted by Crippen LogP contribution is 2.17. The maximum absolute atomic E-state index is 11.9. The Bertz CT molecular complexity index is 427. The highest BCUT2D eigenvalue weighted by atomic mass is 16.5. The van der Waals surface area contributed by atoms with Crippen LogP contribution in [0.25, 0.3) is 0 Å². The Kier molecular flexibility index (Phi) is 7.06. The molecule has 0 aliphatic heterocycles. The van der Waals surface area contributed by atoms with Gasteiger partial charge in [0, 0.05) is 12.2 Å². The molecule has 0 saturated heterocycles. The third-order valence-corrected chi connectivity index (χ3v) is 3.02. The Morgan fingerprint density at radius 2 is 1.71 bits per heavy atom. The van der Waals surface area contributed by atoms with Gasteiger partial charge in [-0.15, -0.1) is 0 Å². The minimum atomic E-state index is -0.256. The molecule has 0 aromatic heterocycles. The molecule has 21 heavy (non-hydrogen) atoms. The second-order valence-electron chi connectivity index (χ2n) is 6.03.